The molecule has 0 unspecified atom stereocenters. The van der Waals surface area contributed by atoms with Gasteiger partial charge >= 0.3 is 5.69 Å². The third-order valence-electron chi connectivity index (χ3n) is 5.98. The molecule has 0 bridgehead atoms. The Labute approximate surface area is 208 Å². The summed E-state index contributed by atoms with van der Waals surface area (Å²) in [6, 6.07) is 7.67. The van der Waals surface area contributed by atoms with Gasteiger partial charge in [-0.1, -0.05) is 24.1 Å². The van der Waals surface area contributed by atoms with Crippen molar-refractivity contribution in [3.8, 4) is 17.2 Å². The van der Waals surface area contributed by atoms with E-state index in [-0.39, 0.29) is 29.3 Å². The molecular weight excluding hydrogens is 471 g/mol. The summed E-state index contributed by atoms with van der Waals surface area (Å²) in [6.07, 6.45) is 6.44. The van der Waals surface area contributed by atoms with E-state index in [1.165, 1.54) is 42.0 Å². The van der Waals surface area contributed by atoms with Crippen LogP contribution in [0, 0.1) is 5.82 Å². The molecule has 1 aromatic carbocycles. The molecule has 1 fully saturated rings. The molecule has 0 spiro atoms. The number of piperidine rings is 1. The molecule has 0 radical (unpaired) electrons. The summed E-state index contributed by atoms with van der Waals surface area (Å²) in [5, 5.41) is 7.11. The van der Waals surface area contributed by atoms with E-state index in [9.17, 15) is 14.0 Å². The lowest BCUT2D eigenvalue weighted by Crippen LogP contribution is -2.36. The van der Waals surface area contributed by atoms with Crippen molar-refractivity contribution in [2.45, 2.75) is 52.1 Å². The molecule has 1 amide bonds. The van der Waals surface area contributed by atoms with Crippen LogP contribution in [0.2, 0.25) is 5.02 Å². The van der Waals surface area contributed by atoms with Crippen molar-refractivity contribution in [1.29, 1.82) is 0 Å². The van der Waals surface area contributed by atoms with Gasteiger partial charge in [0.15, 0.2) is 11.6 Å². The van der Waals surface area contributed by atoms with Crippen LogP contribution in [-0.2, 0) is 17.8 Å². The van der Waals surface area contributed by atoms with Crippen molar-refractivity contribution in [2.75, 3.05) is 19.6 Å². The number of pyridine rings is 1. The van der Waals surface area contributed by atoms with Gasteiger partial charge in [-0.05, 0) is 76.0 Å². The van der Waals surface area contributed by atoms with Gasteiger partial charge in [0.05, 0.1) is 5.02 Å². The van der Waals surface area contributed by atoms with Gasteiger partial charge in [-0.15, -0.1) is 5.10 Å². The highest BCUT2D eigenvalue weighted by molar-refractivity contribution is 6.31. The van der Waals surface area contributed by atoms with E-state index in [0.29, 0.717) is 11.4 Å². The maximum absolute atomic E-state index is 13.7. The molecule has 0 saturated carbocycles. The van der Waals surface area contributed by atoms with Crippen molar-refractivity contribution < 1.29 is 9.18 Å². The Hall–Kier alpha value is -3.04. The Morgan fingerprint density at radius 3 is 2.60 bits per heavy atom. The van der Waals surface area contributed by atoms with Gasteiger partial charge in [-0.25, -0.2) is 14.2 Å². The summed E-state index contributed by atoms with van der Waals surface area (Å²) in [4.78, 5) is 32.7. The predicted octanol–water partition coefficient (Wildman–Crippen LogP) is 3.44. The third kappa shape index (κ3) is 6.15. The lowest BCUT2D eigenvalue weighted by molar-refractivity contribution is -0.122. The summed E-state index contributed by atoms with van der Waals surface area (Å²) in [7, 11) is 0. The van der Waals surface area contributed by atoms with Crippen molar-refractivity contribution in [1.82, 2.24) is 29.5 Å². The number of nitrogens with zero attached hydrogens (tertiary/aromatic N) is 5. The molecular formula is C25H30ClFN6O2. The number of hydrogen-bond donors (Lipinski definition) is 1. The Morgan fingerprint density at radius 1 is 1.17 bits per heavy atom. The minimum Gasteiger partial charge on any atom is -0.352 e. The van der Waals surface area contributed by atoms with E-state index < -0.39 is 11.5 Å². The lowest BCUT2D eigenvalue weighted by atomic mass is 10.1. The Morgan fingerprint density at radius 2 is 1.94 bits per heavy atom. The normalized spacial score (nSPS) is 14.4. The molecule has 0 aliphatic carbocycles. The molecule has 1 N–H and O–H groups in total. The minimum absolute atomic E-state index is 0.0869. The van der Waals surface area contributed by atoms with Crippen LogP contribution in [-0.4, -0.2) is 55.8 Å². The standard InChI is InChI=1S/C25H30ClFN6O2/c1-17(2)29-23(34)16-32-24(19-7-8-21(27)20(26)14-19)30-33(25(32)35)22-9-6-18(15-28-22)10-13-31-11-4-3-5-12-31/h6-9,14-15,17H,3-5,10-13,16H2,1-2H3,(H,29,34). The molecule has 35 heavy (non-hydrogen) atoms. The first-order chi connectivity index (χ1) is 16.8. The van der Waals surface area contributed by atoms with E-state index in [4.69, 9.17) is 11.6 Å². The number of amides is 1. The predicted molar refractivity (Wildman–Crippen MR) is 133 cm³/mol. The van der Waals surface area contributed by atoms with Crippen molar-refractivity contribution >= 4 is 17.5 Å². The van der Waals surface area contributed by atoms with Crippen LogP contribution in [0.3, 0.4) is 0 Å². The fourth-order valence-electron chi connectivity index (χ4n) is 4.21. The highest BCUT2D eigenvalue weighted by atomic mass is 35.5. The molecule has 4 rings (SSSR count). The molecule has 1 saturated heterocycles. The van der Waals surface area contributed by atoms with Gasteiger partial charge in [0.1, 0.15) is 12.4 Å². The Balaban J connectivity index is 1.62. The topological polar surface area (TPSA) is 85.1 Å². The smallest absolute Gasteiger partial charge is 0.352 e. The fourth-order valence-corrected chi connectivity index (χ4v) is 4.39. The maximum Gasteiger partial charge on any atom is 0.352 e. The molecule has 3 heterocycles. The first-order valence-electron chi connectivity index (χ1n) is 11.9. The van der Waals surface area contributed by atoms with Crippen LogP contribution in [0.15, 0.2) is 41.3 Å². The third-order valence-corrected chi connectivity index (χ3v) is 6.27. The second kappa shape index (κ2) is 11.1. The zero-order chi connectivity index (χ0) is 24.9. The molecule has 10 heteroatoms. The van der Waals surface area contributed by atoms with Crippen LogP contribution >= 0.6 is 11.6 Å². The highest BCUT2D eigenvalue weighted by Gasteiger charge is 2.20. The molecule has 1 aliphatic rings. The van der Waals surface area contributed by atoms with Gasteiger partial charge in [0.25, 0.3) is 0 Å². The van der Waals surface area contributed by atoms with Crippen molar-refractivity contribution in [3.05, 3.63) is 63.4 Å². The van der Waals surface area contributed by atoms with Crippen LogP contribution in [0.5, 0.6) is 0 Å². The second-order valence-electron chi connectivity index (χ2n) is 9.13. The lowest BCUT2D eigenvalue weighted by Gasteiger charge is -2.26. The second-order valence-corrected chi connectivity index (χ2v) is 9.54. The number of likely N-dealkylation sites (tertiary alicyclic amines) is 1. The monoisotopic (exact) mass is 500 g/mol. The quantitative estimate of drug-likeness (QED) is 0.512. The van der Waals surface area contributed by atoms with Gasteiger partial charge in [-0.3, -0.25) is 9.36 Å². The number of benzene rings is 1. The van der Waals surface area contributed by atoms with Crippen LogP contribution in [0.1, 0.15) is 38.7 Å². The summed E-state index contributed by atoms with van der Waals surface area (Å²) >= 11 is 5.97. The van der Waals surface area contributed by atoms with Gasteiger partial charge in [-0.2, -0.15) is 4.68 Å². The first kappa shape index (κ1) is 25.1. The average Bonchev–Trinajstić information content (AvgIpc) is 3.16. The number of rotatable bonds is 8. The molecule has 186 valence electrons. The molecule has 0 atom stereocenters. The maximum atomic E-state index is 13.7. The van der Waals surface area contributed by atoms with Crippen molar-refractivity contribution in [3.63, 3.8) is 0 Å². The van der Waals surface area contributed by atoms with Crippen molar-refractivity contribution in [2.24, 2.45) is 0 Å². The summed E-state index contributed by atoms with van der Waals surface area (Å²) in [6.45, 7) is 6.69. The first-order valence-corrected chi connectivity index (χ1v) is 12.3. The van der Waals surface area contributed by atoms with Crippen LogP contribution < -0.4 is 11.0 Å². The summed E-state index contributed by atoms with van der Waals surface area (Å²) < 4.78 is 16.1. The number of carbonyl (C=O) groups excluding carboxylic acids is 1. The highest BCUT2D eigenvalue weighted by Crippen LogP contribution is 2.23. The number of nitrogens with one attached hydrogen (secondary N) is 1. The number of hydrogen-bond acceptors (Lipinski definition) is 5. The SMILES string of the molecule is CC(C)NC(=O)Cn1c(-c2ccc(F)c(Cl)c2)nn(-c2ccc(CCN3CCCCC3)cn2)c1=O. The Bertz CT molecular complexity index is 1230. The van der Waals surface area contributed by atoms with E-state index in [1.807, 2.05) is 19.9 Å². The zero-order valence-electron chi connectivity index (χ0n) is 20.0. The van der Waals surface area contributed by atoms with E-state index >= 15 is 0 Å². The molecule has 2 aromatic heterocycles. The summed E-state index contributed by atoms with van der Waals surface area (Å²) in [5.41, 5.74) is 0.976. The number of carbonyl (C=O) groups is 1. The largest absolute Gasteiger partial charge is 0.352 e. The van der Waals surface area contributed by atoms with Crippen LogP contribution in [0.4, 0.5) is 4.39 Å². The molecule has 3 aromatic rings. The fraction of sp³-hybridized carbons (Fsp3) is 0.440. The van der Waals surface area contributed by atoms with Crippen LogP contribution in [0.25, 0.3) is 17.2 Å². The van der Waals surface area contributed by atoms with E-state index in [0.717, 1.165) is 36.3 Å². The van der Waals surface area contributed by atoms with E-state index in [1.54, 1.807) is 12.3 Å². The molecule has 8 nitrogen and oxygen atoms in total. The number of halogens is 2. The average molecular weight is 501 g/mol. The zero-order valence-corrected chi connectivity index (χ0v) is 20.8. The van der Waals surface area contributed by atoms with Gasteiger partial charge in [0, 0.05) is 24.3 Å². The molecule has 1 aliphatic heterocycles. The Kier molecular flexibility index (Phi) is 7.97. The van der Waals surface area contributed by atoms with E-state index in [2.05, 4.69) is 20.3 Å². The minimum atomic E-state index is -0.580. The number of aromatic nitrogens is 4. The summed E-state index contributed by atoms with van der Waals surface area (Å²) in [5.74, 6) is -0.374. The van der Waals surface area contributed by atoms with Gasteiger partial charge in [0.2, 0.25) is 5.91 Å². The van der Waals surface area contributed by atoms with Gasteiger partial charge < -0.3 is 10.2 Å².